The minimum atomic E-state index is -2.87. The van der Waals surface area contributed by atoms with Crippen LogP contribution in [0.5, 0.6) is 0 Å². The number of alkyl carbamates (subject to hydrolysis) is 2. The van der Waals surface area contributed by atoms with Crippen molar-refractivity contribution in [2.75, 3.05) is 6.54 Å². The predicted octanol–water partition coefficient (Wildman–Crippen LogP) is 4.31. The molecule has 0 radical (unpaired) electrons. The molecule has 1 heterocycles. The van der Waals surface area contributed by atoms with Gasteiger partial charge in [-0.15, -0.1) is 0 Å². The lowest BCUT2D eigenvalue weighted by molar-refractivity contribution is 0.0501. The quantitative estimate of drug-likeness (QED) is 0.623. The normalized spacial score (nSPS) is 14.7. The lowest BCUT2D eigenvalue weighted by Crippen LogP contribution is -2.40. The molecular formula is C20H24ClF2N5O4. The fourth-order valence-electron chi connectivity index (χ4n) is 2.76. The van der Waals surface area contributed by atoms with Gasteiger partial charge in [-0.3, -0.25) is 0 Å². The number of rotatable bonds is 7. The first-order chi connectivity index (χ1) is 15.0. The largest absolute Gasteiger partial charge is 0.446 e. The number of nitrogens with one attached hydrogen (secondary N) is 2. The Balaban J connectivity index is 1.85. The summed E-state index contributed by atoms with van der Waals surface area (Å²) in [5, 5.41) is 9.26. The standard InChI is InChI=1S/C20H24ClF2N5O4/c1-20(2,3)32-19(30)27-14(9-24-18(29)31-12-5-6-12)11-4-7-13(21)15(8-11)28-17(16(22)23)25-10-26-28/h4,7-8,10,12,14,16H,5-6,9H2,1-3H3,(H,24,29)(H,27,30)/t14-/m1/s1. The van der Waals surface area contributed by atoms with E-state index in [9.17, 15) is 18.4 Å². The minimum Gasteiger partial charge on any atom is -0.446 e. The number of aromatic nitrogens is 3. The molecule has 2 N–H and O–H groups in total. The summed E-state index contributed by atoms with van der Waals surface area (Å²) in [6.07, 6.45) is -1.66. The van der Waals surface area contributed by atoms with Crippen LogP contribution in [0, 0.1) is 0 Å². The maximum atomic E-state index is 13.3. The fraction of sp³-hybridized carbons (Fsp3) is 0.500. The number of hydrogen-bond donors (Lipinski definition) is 2. The summed E-state index contributed by atoms with van der Waals surface area (Å²) < 4.78 is 38.0. The van der Waals surface area contributed by atoms with Crippen molar-refractivity contribution in [1.82, 2.24) is 25.4 Å². The zero-order valence-corrected chi connectivity index (χ0v) is 18.5. The van der Waals surface area contributed by atoms with Gasteiger partial charge < -0.3 is 20.1 Å². The molecular weight excluding hydrogens is 448 g/mol. The van der Waals surface area contributed by atoms with Gasteiger partial charge in [0.05, 0.1) is 16.8 Å². The molecule has 3 rings (SSSR count). The van der Waals surface area contributed by atoms with Crippen molar-refractivity contribution in [3.8, 4) is 5.69 Å². The summed E-state index contributed by atoms with van der Waals surface area (Å²) in [6.45, 7) is 5.10. The second-order valence-corrected chi connectivity index (χ2v) is 8.63. The summed E-state index contributed by atoms with van der Waals surface area (Å²) in [4.78, 5) is 27.9. The molecule has 1 fully saturated rings. The third-order valence-corrected chi connectivity index (χ3v) is 4.63. The van der Waals surface area contributed by atoms with Crippen LogP contribution in [0.3, 0.4) is 0 Å². The van der Waals surface area contributed by atoms with E-state index >= 15 is 0 Å². The van der Waals surface area contributed by atoms with Crippen LogP contribution >= 0.6 is 11.6 Å². The second-order valence-electron chi connectivity index (χ2n) is 8.23. The second kappa shape index (κ2) is 9.68. The number of benzene rings is 1. The first-order valence-corrected chi connectivity index (χ1v) is 10.3. The Kier molecular flexibility index (Phi) is 7.17. The van der Waals surface area contributed by atoms with Crippen LogP contribution in [0.25, 0.3) is 5.69 Å². The Morgan fingerprint density at radius 3 is 2.62 bits per heavy atom. The smallest absolute Gasteiger partial charge is 0.408 e. The number of hydrogen-bond acceptors (Lipinski definition) is 6. The highest BCUT2D eigenvalue weighted by atomic mass is 35.5. The van der Waals surface area contributed by atoms with Gasteiger partial charge in [0, 0.05) is 6.54 Å². The van der Waals surface area contributed by atoms with E-state index in [0.717, 1.165) is 23.9 Å². The van der Waals surface area contributed by atoms with Gasteiger partial charge >= 0.3 is 12.2 Å². The maximum Gasteiger partial charge on any atom is 0.408 e. The van der Waals surface area contributed by atoms with Crippen molar-refractivity contribution in [2.45, 2.75) is 57.8 Å². The van der Waals surface area contributed by atoms with Crippen LogP contribution < -0.4 is 10.6 Å². The van der Waals surface area contributed by atoms with Crippen LogP contribution in [0.4, 0.5) is 18.4 Å². The van der Waals surface area contributed by atoms with E-state index in [4.69, 9.17) is 21.1 Å². The zero-order valence-electron chi connectivity index (χ0n) is 17.8. The first-order valence-electron chi connectivity index (χ1n) is 9.95. The van der Waals surface area contributed by atoms with Gasteiger partial charge in [0.25, 0.3) is 6.43 Å². The molecule has 0 saturated heterocycles. The van der Waals surface area contributed by atoms with E-state index in [1.165, 1.54) is 12.1 Å². The fourth-order valence-corrected chi connectivity index (χ4v) is 2.96. The Morgan fingerprint density at radius 1 is 1.28 bits per heavy atom. The SMILES string of the molecule is CC(C)(C)OC(=O)N[C@H](CNC(=O)OC1CC1)c1ccc(Cl)c(-n2ncnc2C(F)F)c1. The number of alkyl halides is 2. The first kappa shape index (κ1) is 23.7. The van der Waals surface area contributed by atoms with Crippen LogP contribution in [0.2, 0.25) is 5.02 Å². The lowest BCUT2D eigenvalue weighted by atomic mass is 10.1. The van der Waals surface area contributed by atoms with Gasteiger partial charge in [0.1, 0.15) is 18.0 Å². The van der Waals surface area contributed by atoms with Gasteiger partial charge in [-0.25, -0.2) is 28.0 Å². The van der Waals surface area contributed by atoms with Crippen LogP contribution in [0.1, 0.15) is 57.5 Å². The Labute approximate surface area is 188 Å². The molecule has 0 bridgehead atoms. The minimum absolute atomic E-state index is 0.0368. The van der Waals surface area contributed by atoms with Crippen molar-refractivity contribution in [3.05, 3.63) is 40.9 Å². The topological polar surface area (TPSA) is 107 Å². The average molecular weight is 472 g/mol. The van der Waals surface area contributed by atoms with Crippen LogP contribution in [-0.4, -0.2) is 45.2 Å². The monoisotopic (exact) mass is 471 g/mol. The molecule has 1 atom stereocenters. The molecule has 1 aliphatic rings. The van der Waals surface area contributed by atoms with Gasteiger partial charge in [-0.2, -0.15) is 5.10 Å². The Bertz CT molecular complexity index is 975. The van der Waals surface area contributed by atoms with Crippen LogP contribution in [0.15, 0.2) is 24.5 Å². The summed E-state index contributed by atoms with van der Waals surface area (Å²) in [5.41, 5.74) is -0.128. The van der Waals surface area contributed by atoms with Crippen molar-refractivity contribution >= 4 is 23.8 Å². The molecule has 1 aromatic carbocycles. The van der Waals surface area contributed by atoms with E-state index < -0.39 is 36.1 Å². The highest BCUT2D eigenvalue weighted by molar-refractivity contribution is 6.32. The number of ether oxygens (including phenoxy) is 2. The van der Waals surface area contributed by atoms with Gasteiger partial charge in [-0.05, 0) is 51.3 Å². The summed E-state index contributed by atoms with van der Waals surface area (Å²) >= 11 is 6.22. The molecule has 1 saturated carbocycles. The van der Waals surface area contributed by atoms with E-state index in [1.54, 1.807) is 26.8 Å². The molecule has 32 heavy (non-hydrogen) atoms. The summed E-state index contributed by atoms with van der Waals surface area (Å²) in [7, 11) is 0. The van der Waals surface area contributed by atoms with E-state index in [0.29, 0.717) is 5.56 Å². The number of carbonyl (C=O) groups excluding carboxylic acids is 2. The Morgan fingerprint density at radius 2 is 2.00 bits per heavy atom. The van der Waals surface area contributed by atoms with Crippen molar-refractivity contribution in [3.63, 3.8) is 0 Å². The predicted molar refractivity (Wildman–Crippen MR) is 111 cm³/mol. The van der Waals surface area contributed by atoms with Crippen molar-refractivity contribution in [2.24, 2.45) is 0 Å². The Hall–Kier alpha value is -2.95. The molecule has 0 spiro atoms. The molecule has 2 amide bonds. The average Bonchev–Trinajstić information content (AvgIpc) is 3.35. The molecule has 12 heteroatoms. The summed E-state index contributed by atoms with van der Waals surface area (Å²) in [6, 6.07) is 3.79. The summed E-state index contributed by atoms with van der Waals surface area (Å²) in [5.74, 6) is -0.577. The number of carbonyl (C=O) groups is 2. The zero-order chi connectivity index (χ0) is 23.5. The molecule has 0 aliphatic heterocycles. The van der Waals surface area contributed by atoms with Gasteiger partial charge in [0.15, 0.2) is 5.82 Å². The molecule has 1 aliphatic carbocycles. The lowest BCUT2D eigenvalue weighted by Gasteiger charge is -2.24. The molecule has 9 nitrogen and oxygen atoms in total. The third-order valence-electron chi connectivity index (χ3n) is 4.31. The molecule has 2 aromatic rings. The van der Waals surface area contributed by atoms with Gasteiger partial charge in [0.2, 0.25) is 0 Å². The molecule has 0 unspecified atom stereocenters. The van der Waals surface area contributed by atoms with Crippen molar-refractivity contribution < 1.29 is 27.8 Å². The van der Waals surface area contributed by atoms with E-state index in [-0.39, 0.29) is 23.4 Å². The number of nitrogens with zero attached hydrogens (tertiary/aromatic N) is 3. The van der Waals surface area contributed by atoms with E-state index in [2.05, 4.69) is 20.7 Å². The molecule has 174 valence electrons. The number of halogens is 3. The maximum absolute atomic E-state index is 13.3. The third kappa shape index (κ3) is 6.52. The van der Waals surface area contributed by atoms with Crippen molar-refractivity contribution in [1.29, 1.82) is 0 Å². The highest BCUT2D eigenvalue weighted by Crippen LogP contribution is 2.28. The number of amides is 2. The molecule has 1 aromatic heterocycles. The van der Waals surface area contributed by atoms with Gasteiger partial charge in [-0.1, -0.05) is 17.7 Å². The van der Waals surface area contributed by atoms with E-state index in [1.807, 2.05) is 0 Å². The van der Waals surface area contributed by atoms with Crippen LogP contribution in [-0.2, 0) is 9.47 Å². The highest BCUT2D eigenvalue weighted by Gasteiger charge is 2.27.